The van der Waals surface area contributed by atoms with Gasteiger partial charge >= 0.3 is 11.9 Å². The van der Waals surface area contributed by atoms with Crippen LogP contribution in [0.15, 0.2) is 72.9 Å². The minimum atomic E-state index is -1.13. The normalized spacial score (nSPS) is 13.7. The first kappa shape index (κ1) is 52.8. The maximum absolute atomic E-state index is 12.7. The fraction of sp³-hybridized carbons (Fsp3) is 0.688. The summed E-state index contributed by atoms with van der Waals surface area (Å²) < 4.78 is 17.1. The smallest absolute Gasteiger partial charge is 0.306 e. The summed E-state index contributed by atoms with van der Waals surface area (Å²) in [6.07, 6.45) is 47.8. The van der Waals surface area contributed by atoms with Crippen molar-refractivity contribution in [1.29, 1.82) is 0 Å². The molecular formula is C48H81NO7. The highest BCUT2D eigenvalue weighted by molar-refractivity contribution is 5.70. The zero-order chi connectivity index (χ0) is 41.4. The lowest BCUT2D eigenvalue weighted by atomic mass is 10.0. The number of carboxylic acid groups (broad SMARTS) is 1. The van der Waals surface area contributed by atoms with Crippen LogP contribution in [0.3, 0.4) is 0 Å². The van der Waals surface area contributed by atoms with Gasteiger partial charge in [0.25, 0.3) is 0 Å². The number of hydrogen-bond acceptors (Lipinski definition) is 7. The summed E-state index contributed by atoms with van der Waals surface area (Å²) in [5, 5.41) is 11.6. The average Bonchev–Trinajstić information content (AvgIpc) is 3.15. The molecule has 8 heteroatoms. The van der Waals surface area contributed by atoms with E-state index < -0.39 is 18.1 Å². The van der Waals surface area contributed by atoms with Gasteiger partial charge < -0.3 is 28.6 Å². The van der Waals surface area contributed by atoms with Gasteiger partial charge in [0.05, 0.1) is 40.3 Å². The Morgan fingerprint density at radius 2 is 1.00 bits per heavy atom. The van der Waals surface area contributed by atoms with E-state index in [4.69, 9.17) is 14.2 Å². The fourth-order valence-corrected chi connectivity index (χ4v) is 6.10. The molecule has 0 fully saturated rings. The molecule has 320 valence electrons. The van der Waals surface area contributed by atoms with Crippen LogP contribution in [0, 0.1) is 0 Å². The summed E-state index contributed by atoms with van der Waals surface area (Å²) in [5.74, 6) is -1.80. The molecule has 0 spiro atoms. The van der Waals surface area contributed by atoms with E-state index in [9.17, 15) is 19.5 Å². The molecule has 56 heavy (non-hydrogen) atoms. The highest BCUT2D eigenvalue weighted by atomic mass is 16.6. The summed E-state index contributed by atoms with van der Waals surface area (Å²) >= 11 is 0. The van der Waals surface area contributed by atoms with E-state index in [0.717, 1.165) is 51.4 Å². The molecule has 0 bridgehead atoms. The van der Waals surface area contributed by atoms with E-state index in [0.29, 0.717) is 12.8 Å². The molecule has 2 atom stereocenters. The maximum Gasteiger partial charge on any atom is 0.306 e. The number of aliphatic carboxylic acids is 1. The third-order valence-corrected chi connectivity index (χ3v) is 9.52. The van der Waals surface area contributed by atoms with Crippen LogP contribution in [0.1, 0.15) is 162 Å². The highest BCUT2D eigenvalue weighted by Gasteiger charge is 2.25. The Morgan fingerprint density at radius 3 is 1.48 bits per heavy atom. The van der Waals surface area contributed by atoms with E-state index in [2.05, 4.69) is 26.0 Å². The lowest BCUT2D eigenvalue weighted by molar-refractivity contribution is -0.889. The second-order valence-corrected chi connectivity index (χ2v) is 15.7. The van der Waals surface area contributed by atoms with Crippen LogP contribution in [0.5, 0.6) is 0 Å². The van der Waals surface area contributed by atoms with E-state index in [1.807, 2.05) is 60.8 Å². The van der Waals surface area contributed by atoms with Gasteiger partial charge in [-0.3, -0.25) is 9.59 Å². The minimum Gasteiger partial charge on any atom is -0.544 e. The van der Waals surface area contributed by atoms with Gasteiger partial charge in [-0.05, 0) is 32.1 Å². The van der Waals surface area contributed by atoms with Crippen LogP contribution in [0.25, 0.3) is 0 Å². The van der Waals surface area contributed by atoms with Crippen molar-refractivity contribution < 1.29 is 38.2 Å². The Hall–Kier alpha value is -3.23. The Bertz CT molecular complexity index is 1140. The van der Waals surface area contributed by atoms with Crippen LogP contribution >= 0.6 is 0 Å². The number of likely N-dealkylation sites (N-methyl/N-ethyl adjacent to an activating group) is 1. The number of ether oxygens (including phenoxy) is 3. The molecule has 0 aliphatic rings. The second kappa shape index (κ2) is 38.6. The number of allylic oxidation sites excluding steroid dienone is 12. The summed E-state index contributed by atoms with van der Waals surface area (Å²) in [6.45, 7) is 4.46. The summed E-state index contributed by atoms with van der Waals surface area (Å²) in [7, 11) is 5.39. The van der Waals surface area contributed by atoms with Crippen LogP contribution in [0.4, 0.5) is 0 Å². The topological polar surface area (TPSA) is 102 Å². The lowest BCUT2D eigenvalue weighted by Gasteiger charge is -2.34. The van der Waals surface area contributed by atoms with Crippen molar-refractivity contribution in [3.63, 3.8) is 0 Å². The third kappa shape index (κ3) is 36.4. The SMILES string of the molecule is CC/C=C/C=C/C=C/C=C/C=C/C=C/CCCCCC(=O)OCC(COCCC(C(=O)[O-])[N+](C)(C)C)OC(=O)CCCCCCCCCCCCCCCCC. The van der Waals surface area contributed by atoms with Crippen molar-refractivity contribution in [3.8, 4) is 0 Å². The highest BCUT2D eigenvalue weighted by Crippen LogP contribution is 2.15. The predicted octanol–water partition coefficient (Wildman–Crippen LogP) is 10.6. The quantitative estimate of drug-likeness (QED) is 0.0266. The summed E-state index contributed by atoms with van der Waals surface area (Å²) in [6, 6.07) is -0.735. The van der Waals surface area contributed by atoms with E-state index in [1.165, 1.54) is 77.0 Å². The van der Waals surface area contributed by atoms with Crippen LogP contribution in [-0.2, 0) is 28.6 Å². The van der Waals surface area contributed by atoms with E-state index >= 15 is 0 Å². The van der Waals surface area contributed by atoms with Crippen LogP contribution in [-0.4, -0.2) is 75.5 Å². The molecule has 0 aromatic carbocycles. The van der Waals surface area contributed by atoms with Crippen molar-refractivity contribution in [2.75, 3.05) is 41.0 Å². The third-order valence-electron chi connectivity index (χ3n) is 9.52. The molecule has 2 unspecified atom stereocenters. The van der Waals surface area contributed by atoms with Crippen molar-refractivity contribution in [3.05, 3.63) is 72.9 Å². The van der Waals surface area contributed by atoms with Crippen molar-refractivity contribution >= 4 is 17.9 Å². The molecule has 0 aliphatic carbocycles. The number of rotatable bonds is 38. The summed E-state index contributed by atoms with van der Waals surface area (Å²) in [5.41, 5.74) is 0. The van der Waals surface area contributed by atoms with Gasteiger partial charge in [0.15, 0.2) is 6.10 Å². The monoisotopic (exact) mass is 784 g/mol. The first-order chi connectivity index (χ1) is 27.1. The first-order valence-electron chi connectivity index (χ1n) is 22.0. The van der Waals surface area contributed by atoms with Gasteiger partial charge in [0.2, 0.25) is 0 Å². The van der Waals surface area contributed by atoms with Gasteiger partial charge in [0, 0.05) is 19.3 Å². The molecule has 0 saturated carbocycles. The number of esters is 2. The minimum absolute atomic E-state index is 0.0242. The number of hydrogen-bond donors (Lipinski definition) is 0. The van der Waals surface area contributed by atoms with Crippen molar-refractivity contribution in [2.45, 2.75) is 174 Å². The van der Waals surface area contributed by atoms with E-state index in [-0.39, 0.29) is 42.7 Å². The number of unbranched alkanes of at least 4 members (excludes halogenated alkanes) is 17. The zero-order valence-corrected chi connectivity index (χ0v) is 36.3. The van der Waals surface area contributed by atoms with Crippen molar-refractivity contribution in [2.24, 2.45) is 0 Å². The molecule has 0 saturated heterocycles. The lowest BCUT2D eigenvalue weighted by Crippen LogP contribution is -2.55. The molecule has 0 radical (unpaired) electrons. The molecule has 0 aliphatic heterocycles. The first-order valence-corrected chi connectivity index (χ1v) is 22.0. The summed E-state index contributed by atoms with van der Waals surface area (Å²) in [4.78, 5) is 36.8. The van der Waals surface area contributed by atoms with Crippen LogP contribution < -0.4 is 5.11 Å². The van der Waals surface area contributed by atoms with Gasteiger partial charge in [0.1, 0.15) is 12.6 Å². The number of carboxylic acids is 1. The predicted molar refractivity (Wildman–Crippen MR) is 231 cm³/mol. The maximum atomic E-state index is 12.7. The van der Waals surface area contributed by atoms with Gasteiger partial charge in [-0.25, -0.2) is 0 Å². The Kier molecular flexibility index (Phi) is 36.4. The van der Waals surface area contributed by atoms with E-state index in [1.54, 1.807) is 21.1 Å². The number of carbonyl (C=O) groups excluding carboxylic acids is 3. The second-order valence-electron chi connectivity index (χ2n) is 15.7. The zero-order valence-electron chi connectivity index (χ0n) is 36.3. The van der Waals surface area contributed by atoms with Crippen LogP contribution in [0.2, 0.25) is 0 Å². The van der Waals surface area contributed by atoms with Gasteiger partial charge in [-0.2, -0.15) is 0 Å². The Morgan fingerprint density at radius 1 is 0.554 bits per heavy atom. The molecule has 0 aromatic rings. The number of quaternary nitrogens is 1. The largest absolute Gasteiger partial charge is 0.544 e. The molecule has 0 rings (SSSR count). The molecule has 8 nitrogen and oxygen atoms in total. The molecular weight excluding hydrogens is 703 g/mol. The number of carbonyl (C=O) groups is 3. The van der Waals surface area contributed by atoms with Gasteiger partial charge in [-0.1, -0.05) is 183 Å². The Labute approximate surface area is 342 Å². The Balaban J connectivity index is 4.44. The standard InChI is InChI=1S/C48H81NO7/c1-6-8-10-12-14-16-18-20-22-23-25-26-28-30-32-34-36-38-46(50)55-43-44(42-54-41-40-45(48(52)53)49(3,4)5)56-47(51)39-37-35-33-31-29-27-24-21-19-17-15-13-11-9-7-2/h8,10,12,14,16,18,20,22-23,25-26,28,44-45H,6-7,9,11,13,15,17,19,21,24,27,29-43H2,1-5H3/b10-8+,14-12+,18-16+,22-20+,25-23+,28-26+. The fourth-order valence-electron chi connectivity index (χ4n) is 6.10. The van der Waals surface area contributed by atoms with Gasteiger partial charge in [-0.15, -0.1) is 0 Å². The molecule has 0 heterocycles. The molecule has 0 amide bonds. The molecule has 0 N–H and O–H groups in total. The number of nitrogens with zero attached hydrogens (tertiary/aromatic N) is 1. The van der Waals surface area contributed by atoms with Crippen molar-refractivity contribution in [1.82, 2.24) is 0 Å². The molecule has 0 aromatic heterocycles. The average molecular weight is 784 g/mol.